The van der Waals surface area contributed by atoms with Crippen LogP contribution in [0.1, 0.15) is 11.1 Å². The molecule has 7 heteroatoms. The summed E-state index contributed by atoms with van der Waals surface area (Å²) >= 11 is 0. The predicted molar refractivity (Wildman–Crippen MR) is 73.5 cm³/mol. The van der Waals surface area contributed by atoms with E-state index in [4.69, 9.17) is 5.11 Å². The molecule has 0 bridgehead atoms. The van der Waals surface area contributed by atoms with Gasteiger partial charge in [0.05, 0.1) is 12.0 Å². The largest absolute Gasteiger partial charge is 0.504 e. The second kappa shape index (κ2) is 5.97. The predicted octanol–water partition coefficient (Wildman–Crippen LogP) is 3.30. The summed E-state index contributed by atoms with van der Waals surface area (Å²) in [5.41, 5.74) is -0.407. The van der Waals surface area contributed by atoms with E-state index in [1.165, 1.54) is 30.3 Å². The van der Waals surface area contributed by atoms with Crippen LogP contribution in [0.2, 0.25) is 0 Å². The summed E-state index contributed by atoms with van der Waals surface area (Å²) in [6, 6.07) is 8.16. The van der Waals surface area contributed by atoms with Gasteiger partial charge in [0.15, 0.2) is 11.5 Å². The van der Waals surface area contributed by atoms with Crippen molar-refractivity contribution in [2.45, 2.75) is 12.6 Å². The van der Waals surface area contributed by atoms with Gasteiger partial charge in [0.25, 0.3) is 0 Å². The van der Waals surface area contributed by atoms with Crippen molar-refractivity contribution in [2.75, 3.05) is 5.32 Å². The van der Waals surface area contributed by atoms with Crippen LogP contribution >= 0.6 is 0 Å². The lowest BCUT2D eigenvalue weighted by Crippen LogP contribution is -2.15. The summed E-state index contributed by atoms with van der Waals surface area (Å²) in [5, 5.41) is 20.8. The molecule has 2 aromatic rings. The molecule has 0 aliphatic carbocycles. The van der Waals surface area contributed by atoms with Crippen LogP contribution in [0.5, 0.6) is 11.5 Å². The van der Waals surface area contributed by atoms with Crippen LogP contribution in [0.4, 0.5) is 18.9 Å². The van der Waals surface area contributed by atoms with E-state index in [1.54, 1.807) is 0 Å². The molecule has 22 heavy (non-hydrogen) atoms. The standard InChI is InChI=1S/C15H12F3NO3/c16-15(17,18)10-2-1-3-11(8-10)19-14(22)7-9-4-5-12(20)13(21)6-9/h1-6,8,20-21H,7H2,(H,19,22). The Morgan fingerprint density at radius 3 is 2.41 bits per heavy atom. The summed E-state index contributed by atoms with van der Waals surface area (Å²) in [6.07, 6.45) is -4.63. The van der Waals surface area contributed by atoms with Crippen LogP contribution in [0.3, 0.4) is 0 Å². The van der Waals surface area contributed by atoms with Gasteiger partial charge in [-0.1, -0.05) is 12.1 Å². The number of phenols is 2. The SMILES string of the molecule is O=C(Cc1ccc(O)c(O)c1)Nc1cccc(C(F)(F)F)c1. The molecule has 0 spiro atoms. The molecule has 0 aliphatic rings. The topological polar surface area (TPSA) is 69.6 Å². The third kappa shape index (κ3) is 3.91. The second-order valence-electron chi connectivity index (χ2n) is 4.63. The number of benzene rings is 2. The highest BCUT2D eigenvalue weighted by molar-refractivity contribution is 5.92. The monoisotopic (exact) mass is 311 g/mol. The fourth-order valence-corrected chi connectivity index (χ4v) is 1.84. The molecule has 0 heterocycles. The molecule has 0 unspecified atom stereocenters. The first-order valence-electron chi connectivity index (χ1n) is 6.23. The lowest BCUT2D eigenvalue weighted by Gasteiger charge is -2.10. The molecule has 0 saturated carbocycles. The van der Waals surface area contributed by atoms with Crippen LogP contribution in [0.25, 0.3) is 0 Å². The van der Waals surface area contributed by atoms with E-state index < -0.39 is 17.6 Å². The highest BCUT2D eigenvalue weighted by Crippen LogP contribution is 2.30. The zero-order chi connectivity index (χ0) is 16.3. The summed E-state index contributed by atoms with van der Waals surface area (Å²) in [6.45, 7) is 0. The maximum absolute atomic E-state index is 12.6. The van der Waals surface area contributed by atoms with Crippen molar-refractivity contribution in [3.63, 3.8) is 0 Å². The third-order valence-corrected chi connectivity index (χ3v) is 2.88. The van der Waals surface area contributed by atoms with Gasteiger partial charge >= 0.3 is 6.18 Å². The normalized spacial score (nSPS) is 11.2. The molecular formula is C15H12F3NO3. The molecule has 3 N–H and O–H groups in total. The number of hydrogen-bond donors (Lipinski definition) is 3. The fraction of sp³-hybridized carbons (Fsp3) is 0.133. The molecule has 0 aromatic heterocycles. The van der Waals surface area contributed by atoms with Crippen LogP contribution in [-0.2, 0) is 17.4 Å². The van der Waals surface area contributed by atoms with Crippen molar-refractivity contribution >= 4 is 11.6 Å². The van der Waals surface area contributed by atoms with Crippen molar-refractivity contribution in [1.29, 1.82) is 0 Å². The number of anilines is 1. The fourth-order valence-electron chi connectivity index (χ4n) is 1.84. The number of carbonyl (C=O) groups is 1. The molecule has 1 amide bonds. The quantitative estimate of drug-likeness (QED) is 0.762. The van der Waals surface area contributed by atoms with Crippen molar-refractivity contribution in [1.82, 2.24) is 0 Å². The Morgan fingerprint density at radius 2 is 1.77 bits per heavy atom. The van der Waals surface area contributed by atoms with Crippen molar-refractivity contribution in [3.8, 4) is 11.5 Å². The van der Waals surface area contributed by atoms with Crippen LogP contribution in [0.15, 0.2) is 42.5 Å². The average Bonchev–Trinajstić information content (AvgIpc) is 2.42. The molecule has 0 radical (unpaired) electrons. The summed E-state index contributed by atoms with van der Waals surface area (Å²) in [5.74, 6) is -1.23. The lowest BCUT2D eigenvalue weighted by atomic mass is 10.1. The molecular weight excluding hydrogens is 299 g/mol. The van der Waals surface area contributed by atoms with Gasteiger partial charge < -0.3 is 15.5 Å². The number of amides is 1. The summed E-state index contributed by atoms with van der Waals surface area (Å²) in [4.78, 5) is 11.8. The minimum absolute atomic E-state index is 0.0304. The molecule has 4 nitrogen and oxygen atoms in total. The molecule has 116 valence electrons. The highest BCUT2D eigenvalue weighted by atomic mass is 19.4. The van der Waals surface area contributed by atoms with Gasteiger partial charge in [-0.05, 0) is 35.9 Å². The molecule has 2 rings (SSSR count). The Balaban J connectivity index is 2.07. The van der Waals surface area contributed by atoms with E-state index in [1.807, 2.05) is 0 Å². The van der Waals surface area contributed by atoms with E-state index >= 15 is 0 Å². The Labute approximate surface area is 123 Å². The van der Waals surface area contributed by atoms with Gasteiger partial charge in [0, 0.05) is 5.69 Å². The van der Waals surface area contributed by atoms with E-state index in [0.717, 1.165) is 12.1 Å². The lowest BCUT2D eigenvalue weighted by molar-refractivity contribution is -0.137. The van der Waals surface area contributed by atoms with Crippen molar-refractivity contribution < 1.29 is 28.2 Å². The van der Waals surface area contributed by atoms with Gasteiger partial charge in [-0.3, -0.25) is 4.79 Å². The van der Waals surface area contributed by atoms with Crippen LogP contribution < -0.4 is 5.32 Å². The summed E-state index contributed by atoms with van der Waals surface area (Å²) in [7, 11) is 0. The minimum atomic E-state index is -4.48. The number of aromatic hydroxyl groups is 2. The van der Waals surface area contributed by atoms with Crippen molar-refractivity contribution in [2.24, 2.45) is 0 Å². The molecule has 0 saturated heterocycles. The number of rotatable bonds is 3. The minimum Gasteiger partial charge on any atom is -0.504 e. The van der Waals surface area contributed by atoms with E-state index in [2.05, 4.69) is 5.32 Å². The first-order valence-corrected chi connectivity index (χ1v) is 6.23. The van der Waals surface area contributed by atoms with Crippen molar-refractivity contribution in [3.05, 3.63) is 53.6 Å². The average molecular weight is 311 g/mol. The zero-order valence-electron chi connectivity index (χ0n) is 11.2. The Kier molecular flexibility index (Phi) is 4.25. The number of nitrogens with one attached hydrogen (secondary N) is 1. The molecule has 0 atom stereocenters. The summed E-state index contributed by atoms with van der Waals surface area (Å²) < 4.78 is 37.7. The van der Waals surface area contributed by atoms with Crippen LogP contribution in [0, 0.1) is 0 Å². The Hall–Kier alpha value is -2.70. The number of halogens is 3. The molecule has 2 aromatic carbocycles. The van der Waals surface area contributed by atoms with Gasteiger partial charge in [-0.15, -0.1) is 0 Å². The second-order valence-corrected chi connectivity index (χ2v) is 4.63. The van der Waals surface area contributed by atoms with Gasteiger partial charge in [0.1, 0.15) is 0 Å². The van der Waals surface area contributed by atoms with Gasteiger partial charge in [-0.25, -0.2) is 0 Å². The number of hydrogen-bond acceptors (Lipinski definition) is 3. The maximum atomic E-state index is 12.6. The highest BCUT2D eigenvalue weighted by Gasteiger charge is 2.30. The van der Waals surface area contributed by atoms with Gasteiger partial charge in [-0.2, -0.15) is 13.2 Å². The van der Waals surface area contributed by atoms with Crippen LogP contribution in [-0.4, -0.2) is 16.1 Å². The first-order chi connectivity index (χ1) is 10.3. The van der Waals surface area contributed by atoms with E-state index in [9.17, 15) is 23.1 Å². The van der Waals surface area contributed by atoms with Gasteiger partial charge in [0.2, 0.25) is 5.91 Å². The number of alkyl halides is 3. The van der Waals surface area contributed by atoms with E-state index in [-0.39, 0.29) is 23.6 Å². The Morgan fingerprint density at radius 1 is 1.05 bits per heavy atom. The Bertz CT molecular complexity index is 699. The number of phenolic OH excluding ortho intramolecular Hbond substituents is 2. The third-order valence-electron chi connectivity index (χ3n) is 2.88. The smallest absolute Gasteiger partial charge is 0.416 e. The zero-order valence-corrected chi connectivity index (χ0v) is 11.2. The molecule has 0 aliphatic heterocycles. The van der Waals surface area contributed by atoms with E-state index in [0.29, 0.717) is 5.56 Å². The molecule has 0 fully saturated rings. The number of carbonyl (C=O) groups excluding carboxylic acids is 1. The maximum Gasteiger partial charge on any atom is 0.416 e. The first kappa shape index (κ1) is 15.7.